The molecule has 1 aliphatic heterocycles. The number of aliphatic carboxylic acids is 1. The predicted molar refractivity (Wildman–Crippen MR) is 54.3 cm³/mol. The number of rotatable bonds is 7. The van der Waals surface area contributed by atoms with Crippen LogP contribution in [0.3, 0.4) is 0 Å². The summed E-state index contributed by atoms with van der Waals surface area (Å²) in [4.78, 5) is 21.1. The van der Waals surface area contributed by atoms with Crippen molar-refractivity contribution >= 4 is 11.9 Å². The molecule has 0 radical (unpaired) electrons. The third kappa shape index (κ3) is 3.85. The largest absolute Gasteiger partial charge is 0.481 e. The quantitative estimate of drug-likeness (QED) is 0.393. The molecule has 1 rings (SSSR count). The second-order valence-electron chi connectivity index (χ2n) is 3.95. The number of hydrogen-bond acceptors (Lipinski definition) is 4. The first-order valence-corrected chi connectivity index (χ1v) is 5.00. The number of carboxylic acid groups (broad SMARTS) is 1. The maximum Gasteiger partial charge on any atom is 0.305 e. The molecule has 0 aromatic heterocycles. The molecule has 1 saturated heterocycles. The van der Waals surface area contributed by atoms with Gasteiger partial charge in [0.05, 0.1) is 12.0 Å². The summed E-state index contributed by atoms with van der Waals surface area (Å²) in [6, 6.07) is 0. The van der Waals surface area contributed by atoms with Crippen LogP contribution in [0.1, 0.15) is 19.3 Å². The molecule has 1 amide bonds. The number of nitrogens with two attached hydrogens (primary N) is 1. The van der Waals surface area contributed by atoms with Crippen molar-refractivity contribution in [2.24, 2.45) is 5.73 Å². The average molecular weight is 215 g/mol. The Labute approximate surface area is 88.2 Å². The topological polar surface area (TPSA) is 104 Å². The van der Waals surface area contributed by atoms with E-state index >= 15 is 0 Å². The minimum absolute atomic E-state index is 0.108. The van der Waals surface area contributed by atoms with Crippen LogP contribution in [-0.2, 0) is 9.59 Å². The summed E-state index contributed by atoms with van der Waals surface area (Å²) in [5, 5.41) is 14.9. The van der Waals surface area contributed by atoms with Gasteiger partial charge in [0.25, 0.3) is 0 Å². The monoisotopic (exact) mass is 215 g/mol. The predicted octanol–water partition coefficient (Wildman–Crippen LogP) is -1.34. The first-order valence-electron chi connectivity index (χ1n) is 5.00. The Bertz CT molecular complexity index is 251. The smallest absolute Gasteiger partial charge is 0.305 e. The van der Waals surface area contributed by atoms with Crippen LogP contribution in [0, 0.1) is 0 Å². The van der Waals surface area contributed by atoms with E-state index in [4.69, 9.17) is 10.8 Å². The molecule has 0 atom stereocenters. The van der Waals surface area contributed by atoms with Crippen LogP contribution in [0.5, 0.6) is 0 Å². The van der Waals surface area contributed by atoms with Gasteiger partial charge in [0.15, 0.2) is 0 Å². The first-order chi connectivity index (χ1) is 7.04. The highest BCUT2D eigenvalue weighted by Gasteiger charge is 2.38. The summed E-state index contributed by atoms with van der Waals surface area (Å²) < 4.78 is 0. The molecule has 15 heavy (non-hydrogen) atoms. The first kappa shape index (κ1) is 11.9. The van der Waals surface area contributed by atoms with Gasteiger partial charge in [-0.2, -0.15) is 0 Å². The highest BCUT2D eigenvalue weighted by molar-refractivity contribution is 5.73. The number of nitrogens with one attached hydrogen (secondary N) is 2. The van der Waals surface area contributed by atoms with Crippen molar-refractivity contribution in [2.45, 2.75) is 24.8 Å². The van der Waals surface area contributed by atoms with Crippen LogP contribution in [-0.4, -0.2) is 42.2 Å². The lowest BCUT2D eigenvalue weighted by Gasteiger charge is -2.42. The summed E-state index contributed by atoms with van der Waals surface area (Å²) >= 11 is 0. The van der Waals surface area contributed by atoms with E-state index in [0.29, 0.717) is 32.5 Å². The third-order valence-corrected chi connectivity index (χ3v) is 2.52. The van der Waals surface area contributed by atoms with E-state index in [-0.39, 0.29) is 17.9 Å². The molecule has 86 valence electrons. The lowest BCUT2D eigenvalue weighted by atomic mass is 9.88. The van der Waals surface area contributed by atoms with E-state index in [1.54, 1.807) is 0 Å². The molecule has 0 unspecified atom stereocenters. The van der Waals surface area contributed by atoms with Crippen molar-refractivity contribution < 1.29 is 14.7 Å². The SMILES string of the molecule is NC(=O)CCCNC1(CC(=O)O)CNC1. The molecule has 6 heteroatoms. The van der Waals surface area contributed by atoms with Crippen molar-refractivity contribution in [3.63, 3.8) is 0 Å². The fourth-order valence-corrected chi connectivity index (χ4v) is 1.64. The molecular formula is C9H17N3O3. The lowest BCUT2D eigenvalue weighted by molar-refractivity contribution is -0.139. The standard InChI is InChI=1S/C9H17N3O3/c10-7(13)2-1-3-12-9(4-8(14)15)5-11-6-9/h11-12H,1-6H2,(H2,10,13)(H,14,15). The number of amides is 1. The van der Waals surface area contributed by atoms with Crippen LogP contribution in [0.15, 0.2) is 0 Å². The minimum atomic E-state index is -0.807. The van der Waals surface area contributed by atoms with Gasteiger partial charge in [-0.15, -0.1) is 0 Å². The molecule has 6 nitrogen and oxygen atoms in total. The Morgan fingerprint density at radius 2 is 2.13 bits per heavy atom. The number of carbonyl (C=O) groups excluding carboxylic acids is 1. The molecule has 1 fully saturated rings. The van der Waals surface area contributed by atoms with Crippen molar-refractivity contribution in [3.8, 4) is 0 Å². The number of hydrogen-bond donors (Lipinski definition) is 4. The normalized spacial score (nSPS) is 18.1. The van der Waals surface area contributed by atoms with E-state index < -0.39 is 5.97 Å². The fraction of sp³-hybridized carbons (Fsp3) is 0.778. The maximum absolute atomic E-state index is 10.6. The second kappa shape index (κ2) is 5.09. The Morgan fingerprint density at radius 3 is 2.53 bits per heavy atom. The fourth-order valence-electron chi connectivity index (χ4n) is 1.64. The summed E-state index contributed by atoms with van der Waals surface area (Å²) in [5.74, 6) is -1.13. The summed E-state index contributed by atoms with van der Waals surface area (Å²) in [5.41, 5.74) is 4.67. The molecule has 1 aliphatic rings. The van der Waals surface area contributed by atoms with E-state index in [1.807, 2.05) is 0 Å². The van der Waals surface area contributed by atoms with Crippen molar-refractivity contribution in [3.05, 3.63) is 0 Å². The van der Waals surface area contributed by atoms with Gasteiger partial charge in [0.2, 0.25) is 5.91 Å². The van der Waals surface area contributed by atoms with Crippen molar-refractivity contribution in [1.82, 2.24) is 10.6 Å². The van der Waals surface area contributed by atoms with Crippen LogP contribution < -0.4 is 16.4 Å². The summed E-state index contributed by atoms with van der Waals surface area (Å²) in [6.07, 6.45) is 1.09. The molecule has 0 bridgehead atoms. The number of primary amides is 1. The maximum atomic E-state index is 10.6. The van der Waals surface area contributed by atoms with Gasteiger partial charge in [-0.3, -0.25) is 9.59 Å². The van der Waals surface area contributed by atoms with Gasteiger partial charge in [-0.1, -0.05) is 0 Å². The van der Waals surface area contributed by atoms with Gasteiger partial charge in [0, 0.05) is 19.5 Å². The van der Waals surface area contributed by atoms with Crippen LogP contribution in [0.25, 0.3) is 0 Å². The van der Waals surface area contributed by atoms with Gasteiger partial charge in [-0.25, -0.2) is 0 Å². The highest BCUT2D eigenvalue weighted by atomic mass is 16.4. The molecule has 1 heterocycles. The third-order valence-electron chi connectivity index (χ3n) is 2.52. The molecule has 0 spiro atoms. The van der Waals surface area contributed by atoms with Crippen molar-refractivity contribution in [1.29, 1.82) is 0 Å². The van der Waals surface area contributed by atoms with E-state index in [9.17, 15) is 9.59 Å². The van der Waals surface area contributed by atoms with Gasteiger partial charge in [-0.05, 0) is 13.0 Å². The minimum Gasteiger partial charge on any atom is -0.481 e. The van der Waals surface area contributed by atoms with Crippen LogP contribution in [0.4, 0.5) is 0 Å². The van der Waals surface area contributed by atoms with Gasteiger partial charge >= 0.3 is 5.97 Å². The molecular weight excluding hydrogens is 198 g/mol. The van der Waals surface area contributed by atoms with Crippen LogP contribution >= 0.6 is 0 Å². The van der Waals surface area contributed by atoms with Crippen LogP contribution in [0.2, 0.25) is 0 Å². The number of carbonyl (C=O) groups is 2. The highest BCUT2D eigenvalue weighted by Crippen LogP contribution is 2.15. The zero-order valence-electron chi connectivity index (χ0n) is 8.58. The Kier molecular flexibility index (Phi) is 4.05. The summed E-state index contributed by atoms with van der Waals surface area (Å²) in [6.45, 7) is 1.95. The zero-order valence-corrected chi connectivity index (χ0v) is 8.58. The molecule has 0 saturated carbocycles. The Hall–Kier alpha value is -1.14. The Balaban J connectivity index is 2.22. The molecule has 0 aliphatic carbocycles. The molecule has 5 N–H and O–H groups in total. The van der Waals surface area contributed by atoms with Crippen molar-refractivity contribution in [2.75, 3.05) is 19.6 Å². The second-order valence-corrected chi connectivity index (χ2v) is 3.95. The summed E-state index contributed by atoms with van der Waals surface area (Å²) in [7, 11) is 0. The van der Waals surface area contributed by atoms with E-state index in [1.165, 1.54) is 0 Å². The lowest BCUT2D eigenvalue weighted by Crippen LogP contribution is -2.68. The van der Waals surface area contributed by atoms with Gasteiger partial charge < -0.3 is 21.5 Å². The molecule has 0 aromatic rings. The average Bonchev–Trinajstić information content (AvgIpc) is 2.06. The van der Waals surface area contributed by atoms with E-state index in [2.05, 4.69) is 10.6 Å². The molecule has 0 aromatic carbocycles. The zero-order chi connectivity index (χ0) is 11.3. The number of carboxylic acids is 1. The van der Waals surface area contributed by atoms with Gasteiger partial charge in [0.1, 0.15) is 0 Å². The van der Waals surface area contributed by atoms with E-state index in [0.717, 1.165) is 0 Å². The Morgan fingerprint density at radius 1 is 1.47 bits per heavy atom.